The molecule has 0 atom stereocenters. The van der Waals surface area contributed by atoms with Crippen molar-refractivity contribution < 1.29 is 13.5 Å². The first kappa shape index (κ1) is 13.3. The van der Waals surface area contributed by atoms with Crippen LogP contribution in [0.25, 0.3) is 0 Å². The van der Waals surface area contributed by atoms with Gasteiger partial charge < -0.3 is 10.1 Å². The van der Waals surface area contributed by atoms with Gasteiger partial charge in [-0.15, -0.1) is 0 Å². The molecule has 2 rings (SSSR count). The van der Waals surface area contributed by atoms with Crippen molar-refractivity contribution in [1.29, 1.82) is 0 Å². The summed E-state index contributed by atoms with van der Waals surface area (Å²) in [6.07, 6.45) is 0. The zero-order valence-corrected chi connectivity index (χ0v) is 10.8. The van der Waals surface area contributed by atoms with Crippen LogP contribution in [0.5, 0.6) is 5.75 Å². The Morgan fingerprint density at radius 3 is 2.42 bits per heavy atom. The molecular weight excluding hydrogens is 248 g/mol. The van der Waals surface area contributed by atoms with Crippen molar-refractivity contribution in [3.63, 3.8) is 0 Å². The molecule has 0 aliphatic heterocycles. The molecule has 100 valence electrons. The highest BCUT2D eigenvalue weighted by Gasteiger charge is 2.09. The lowest BCUT2D eigenvalue weighted by molar-refractivity contribution is 0.416. The molecule has 19 heavy (non-hydrogen) atoms. The second kappa shape index (κ2) is 5.69. The maximum absolute atomic E-state index is 13.5. The Hall–Kier alpha value is -2.10. The third-order valence-electron chi connectivity index (χ3n) is 2.87. The van der Waals surface area contributed by atoms with Crippen LogP contribution >= 0.6 is 0 Å². The average molecular weight is 263 g/mol. The van der Waals surface area contributed by atoms with E-state index >= 15 is 0 Å². The van der Waals surface area contributed by atoms with Gasteiger partial charge in [0.1, 0.15) is 17.4 Å². The van der Waals surface area contributed by atoms with Crippen LogP contribution in [0.3, 0.4) is 0 Å². The zero-order chi connectivity index (χ0) is 13.8. The van der Waals surface area contributed by atoms with Gasteiger partial charge in [0.2, 0.25) is 0 Å². The first-order valence-corrected chi connectivity index (χ1v) is 5.93. The van der Waals surface area contributed by atoms with E-state index in [0.29, 0.717) is 11.4 Å². The van der Waals surface area contributed by atoms with Crippen molar-refractivity contribution in [3.05, 3.63) is 59.2 Å². The summed E-state index contributed by atoms with van der Waals surface area (Å²) in [7, 11) is 1.56. The minimum atomic E-state index is -0.557. The summed E-state index contributed by atoms with van der Waals surface area (Å²) in [5.74, 6) is -0.464. The summed E-state index contributed by atoms with van der Waals surface area (Å²) in [6.45, 7) is 2.01. The molecule has 0 heterocycles. The molecule has 0 aliphatic carbocycles. The molecule has 2 aromatic rings. The van der Waals surface area contributed by atoms with Gasteiger partial charge in [0.05, 0.1) is 12.8 Å². The number of nitrogens with one attached hydrogen (secondary N) is 1. The number of hydrogen-bond acceptors (Lipinski definition) is 2. The van der Waals surface area contributed by atoms with Crippen molar-refractivity contribution in [2.45, 2.75) is 13.5 Å². The lowest BCUT2D eigenvalue weighted by Crippen LogP contribution is -2.05. The highest BCUT2D eigenvalue weighted by Crippen LogP contribution is 2.26. The first-order valence-electron chi connectivity index (χ1n) is 5.93. The largest absolute Gasteiger partial charge is 0.495 e. The number of methoxy groups -OCH3 is 1. The summed E-state index contributed by atoms with van der Waals surface area (Å²) in [5, 5.41) is 2.98. The number of anilines is 1. The second-order valence-electron chi connectivity index (χ2n) is 4.26. The van der Waals surface area contributed by atoms with E-state index in [0.717, 1.165) is 5.56 Å². The summed E-state index contributed by atoms with van der Waals surface area (Å²) in [6, 6.07) is 9.43. The van der Waals surface area contributed by atoms with Crippen LogP contribution in [-0.4, -0.2) is 7.11 Å². The smallest absolute Gasteiger partial charge is 0.142 e. The maximum Gasteiger partial charge on any atom is 0.142 e. The fourth-order valence-electron chi connectivity index (χ4n) is 1.83. The van der Waals surface area contributed by atoms with Crippen molar-refractivity contribution in [3.8, 4) is 5.75 Å². The number of benzene rings is 2. The molecule has 0 bridgehead atoms. The minimum absolute atomic E-state index is 0.0186. The van der Waals surface area contributed by atoms with E-state index in [2.05, 4.69) is 5.32 Å². The van der Waals surface area contributed by atoms with Crippen molar-refractivity contribution in [2.75, 3.05) is 12.4 Å². The van der Waals surface area contributed by atoms with Gasteiger partial charge >= 0.3 is 0 Å². The van der Waals surface area contributed by atoms with Crippen LogP contribution < -0.4 is 10.1 Å². The summed E-state index contributed by atoms with van der Waals surface area (Å²) < 4.78 is 32.2. The molecule has 0 saturated heterocycles. The first-order chi connectivity index (χ1) is 9.11. The van der Waals surface area contributed by atoms with Crippen molar-refractivity contribution >= 4 is 5.69 Å². The Kier molecular flexibility index (Phi) is 4.00. The zero-order valence-electron chi connectivity index (χ0n) is 10.8. The monoisotopic (exact) mass is 263 g/mol. The summed E-state index contributed by atoms with van der Waals surface area (Å²) in [4.78, 5) is 0. The standard InChI is InChI=1S/C15H15F2NO/c1-10-6-7-14(15(8-10)19-2)18-9-11-12(16)4-3-5-13(11)17/h3-8,18H,9H2,1-2H3. The fourth-order valence-corrected chi connectivity index (χ4v) is 1.83. The van der Waals surface area contributed by atoms with Crippen LogP contribution in [0.1, 0.15) is 11.1 Å². The summed E-state index contributed by atoms with van der Waals surface area (Å²) in [5.41, 5.74) is 1.78. The Morgan fingerprint density at radius 1 is 1.11 bits per heavy atom. The van der Waals surface area contributed by atoms with Gasteiger partial charge in [0, 0.05) is 12.1 Å². The minimum Gasteiger partial charge on any atom is -0.495 e. The number of aryl methyl sites for hydroxylation is 1. The lowest BCUT2D eigenvalue weighted by atomic mass is 10.1. The second-order valence-corrected chi connectivity index (χ2v) is 4.26. The molecule has 1 N–H and O–H groups in total. The predicted octanol–water partition coefficient (Wildman–Crippen LogP) is 3.89. The quantitative estimate of drug-likeness (QED) is 0.903. The lowest BCUT2D eigenvalue weighted by Gasteiger charge is -2.12. The van der Waals surface area contributed by atoms with E-state index < -0.39 is 11.6 Å². The molecule has 4 heteroatoms. The van der Waals surface area contributed by atoms with E-state index in [1.165, 1.54) is 18.2 Å². The molecule has 0 aromatic heterocycles. The van der Waals surface area contributed by atoms with Crippen molar-refractivity contribution in [2.24, 2.45) is 0 Å². The summed E-state index contributed by atoms with van der Waals surface area (Å²) >= 11 is 0. The fraction of sp³-hybridized carbons (Fsp3) is 0.200. The Balaban J connectivity index is 2.19. The van der Waals surface area contributed by atoms with Crippen LogP contribution in [-0.2, 0) is 6.54 Å². The topological polar surface area (TPSA) is 21.3 Å². The highest BCUT2D eigenvalue weighted by molar-refractivity contribution is 5.57. The van der Waals surface area contributed by atoms with E-state index in [-0.39, 0.29) is 12.1 Å². The SMILES string of the molecule is COc1cc(C)ccc1NCc1c(F)cccc1F. The highest BCUT2D eigenvalue weighted by atomic mass is 19.1. The van der Waals surface area contributed by atoms with Gasteiger partial charge in [-0.3, -0.25) is 0 Å². The van der Waals surface area contributed by atoms with Gasteiger partial charge in [-0.25, -0.2) is 8.78 Å². The van der Waals surface area contributed by atoms with Crippen LogP contribution in [0, 0.1) is 18.6 Å². The molecule has 0 fully saturated rings. The molecule has 0 unspecified atom stereocenters. The molecule has 0 saturated carbocycles. The Morgan fingerprint density at radius 2 is 1.79 bits per heavy atom. The molecular formula is C15H15F2NO. The van der Waals surface area contributed by atoms with Crippen LogP contribution in [0.4, 0.5) is 14.5 Å². The molecule has 0 amide bonds. The number of ether oxygens (including phenoxy) is 1. The number of halogens is 2. The van der Waals surface area contributed by atoms with E-state index in [1.54, 1.807) is 7.11 Å². The molecule has 2 nitrogen and oxygen atoms in total. The number of rotatable bonds is 4. The van der Waals surface area contributed by atoms with Crippen LogP contribution in [0.15, 0.2) is 36.4 Å². The molecule has 0 radical (unpaired) electrons. The van der Waals surface area contributed by atoms with Crippen LogP contribution in [0.2, 0.25) is 0 Å². The molecule has 2 aromatic carbocycles. The van der Waals surface area contributed by atoms with Gasteiger partial charge in [0.25, 0.3) is 0 Å². The van der Waals surface area contributed by atoms with E-state index in [9.17, 15) is 8.78 Å². The van der Waals surface area contributed by atoms with E-state index in [1.807, 2.05) is 25.1 Å². The Labute approximate surface area is 111 Å². The van der Waals surface area contributed by atoms with Gasteiger partial charge in [-0.2, -0.15) is 0 Å². The predicted molar refractivity (Wildman–Crippen MR) is 71.4 cm³/mol. The van der Waals surface area contributed by atoms with Gasteiger partial charge in [-0.05, 0) is 36.8 Å². The number of hydrogen-bond donors (Lipinski definition) is 1. The molecule has 0 aliphatic rings. The van der Waals surface area contributed by atoms with E-state index in [4.69, 9.17) is 4.74 Å². The third-order valence-corrected chi connectivity index (χ3v) is 2.87. The molecule has 0 spiro atoms. The normalized spacial score (nSPS) is 10.3. The average Bonchev–Trinajstić information content (AvgIpc) is 2.39. The van der Waals surface area contributed by atoms with Gasteiger partial charge in [-0.1, -0.05) is 12.1 Å². The van der Waals surface area contributed by atoms with Gasteiger partial charge in [0.15, 0.2) is 0 Å². The Bertz CT molecular complexity index is 564. The van der Waals surface area contributed by atoms with Crippen molar-refractivity contribution in [1.82, 2.24) is 0 Å². The third kappa shape index (κ3) is 3.02. The maximum atomic E-state index is 13.5.